The SMILES string of the molecule is Clc1cccc(COc2ccc(I)cc2)c1. The van der Waals surface area contributed by atoms with Crippen LogP contribution in [0.15, 0.2) is 48.5 Å². The van der Waals surface area contributed by atoms with Crippen molar-refractivity contribution in [3.8, 4) is 5.75 Å². The van der Waals surface area contributed by atoms with Crippen LogP contribution in [0, 0.1) is 3.57 Å². The zero-order chi connectivity index (χ0) is 11.4. The predicted octanol–water partition coefficient (Wildman–Crippen LogP) is 4.52. The van der Waals surface area contributed by atoms with Gasteiger partial charge in [-0.3, -0.25) is 0 Å². The van der Waals surface area contributed by atoms with Crippen molar-refractivity contribution in [2.75, 3.05) is 0 Å². The molecule has 0 saturated heterocycles. The molecule has 0 bridgehead atoms. The van der Waals surface area contributed by atoms with Gasteiger partial charge < -0.3 is 4.74 Å². The lowest BCUT2D eigenvalue weighted by atomic mass is 10.2. The fraction of sp³-hybridized carbons (Fsp3) is 0.0769. The molecule has 0 unspecified atom stereocenters. The third-order valence-corrected chi connectivity index (χ3v) is 3.06. The summed E-state index contributed by atoms with van der Waals surface area (Å²) in [6.45, 7) is 0.543. The molecule has 2 aromatic rings. The van der Waals surface area contributed by atoms with Gasteiger partial charge in [0.15, 0.2) is 0 Å². The Morgan fingerprint density at radius 1 is 1.06 bits per heavy atom. The number of halogens is 2. The van der Waals surface area contributed by atoms with Gasteiger partial charge in [-0.25, -0.2) is 0 Å². The van der Waals surface area contributed by atoms with Crippen LogP contribution in [0.3, 0.4) is 0 Å². The second-order valence-corrected chi connectivity index (χ2v) is 5.05. The average molecular weight is 345 g/mol. The van der Waals surface area contributed by atoms with E-state index in [0.29, 0.717) is 6.61 Å². The minimum absolute atomic E-state index is 0.543. The van der Waals surface area contributed by atoms with Gasteiger partial charge in [0.25, 0.3) is 0 Å². The molecule has 0 N–H and O–H groups in total. The molecule has 0 aliphatic carbocycles. The van der Waals surface area contributed by atoms with Gasteiger partial charge in [0.2, 0.25) is 0 Å². The summed E-state index contributed by atoms with van der Waals surface area (Å²) < 4.78 is 6.84. The molecule has 2 rings (SSSR count). The fourth-order valence-corrected chi connectivity index (χ4v) is 1.90. The first-order valence-corrected chi connectivity index (χ1v) is 6.32. The molecule has 0 amide bonds. The van der Waals surface area contributed by atoms with Gasteiger partial charge >= 0.3 is 0 Å². The summed E-state index contributed by atoms with van der Waals surface area (Å²) in [6.07, 6.45) is 0. The molecule has 82 valence electrons. The minimum atomic E-state index is 0.543. The van der Waals surface area contributed by atoms with E-state index < -0.39 is 0 Å². The molecule has 0 saturated carbocycles. The summed E-state index contributed by atoms with van der Waals surface area (Å²) in [5.74, 6) is 0.875. The van der Waals surface area contributed by atoms with Crippen LogP contribution in [0.4, 0.5) is 0 Å². The quantitative estimate of drug-likeness (QED) is 0.744. The lowest BCUT2D eigenvalue weighted by Gasteiger charge is -2.06. The lowest BCUT2D eigenvalue weighted by molar-refractivity contribution is 0.306. The molecule has 0 aliphatic rings. The molecule has 3 heteroatoms. The highest BCUT2D eigenvalue weighted by molar-refractivity contribution is 14.1. The molecule has 0 aliphatic heterocycles. The van der Waals surface area contributed by atoms with E-state index in [2.05, 4.69) is 22.6 Å². The summed E-state index contributed by atoms with van der Waals surface area (Å²) in [4.78, 5) is 0. The normalized spacial score (nSPS) is 10.1. The van der Waals surface area contributed by atoms with Crippen LogP contribution in [-0.4, -0.2) is 0 Å². The molecule has 0 aromatic heterocycles. The maximum Gasteiger partial charge on any atom is 0.119 e. The van der Waals surface area contributed by atoms with Crippen LogP contribution in [0.25, 0.3) is 0 Å². The Balaban J connectivity index is 1.99. The molecular formula is C13H10ClIO. The Morgan fingerprint density at radius 3 is 2.50 bits per heavy atom. The molecule has 1 nitrogen and oxygen atoms in total. The van der Waals surface area contributed by atoms with E-state index >= 15 is 0 Å². The van der Waals surface area contributed by atoms with Gasteiger partial charge in [0.1, 0.15) is 12.4 Å². The van der Waals surface area contributed by atoms with Crippen LogP contribution < -0.4 is 4.74 Å². The highest BCUT2D eigenvalue weighted by Crippen LogP contribution is 2.16. The van der Waals surface area contributed by atoms with E-state index in [9.17, 15) is 0 Å². The Labute approximate surface area is 114 Å². The molecule has 0 radical (unpaired) electrons. The predicted molar refractivity (Wildman–Crippen MR) is 74.9 cm³/mol. The second-order valence-electron chi connectivity index (χ2n) is 3.37. The van der Waals surface area contributed by atoms with Gasteiger partial charge in [-0.2, -0.15) is 0 Å². The van der Waals surface area contributed by atoms with E-state index in [-0.39, 0.29) is 0 Å². The van der Waals surface area contributed by atoms with E-state index in [0.717, 1.165) is 16.3 Å². The second kappa shape index (κ2) is 5.55. The molecule has 16 heavy (non-hydrogen) atoms. The first-order chi connectivity index (χ1) is 7.74. The van der Waals surface area contributed by atoms with Gasteiger partial charge in [-0.05, 0) is 64.6 Å². The van der Waals surface area contributed by atoms with Crippen LogP contribution >= 0.6 is 34.2 Å². The molecule has 0 spiro atoms. The van der Waals surface area contributed by atoms with Crippen molar-refractivity contribution in [2.24, 2.45) is 0 Å². The van der Waals surface area contributed by atoms with Crippen LogP contribution in [0.1, 0.15) is 5.56 Å². The Morgan fingerprint density at radius 2 is 1.81 bits per heavy atom. The van der Waals surface area contributed by atoms with E-state index in [1.54, 1.807) is 0 Å². The van der Waals surface area contributed by atoms with Gasteiger partial charge in [0.05, 0.1) is 0 Å². The highest BCUT2D eigenvalue weighted by atomic mass is 127. The van der Waals surface area contributed by atoms with Crippen LogP contribution in [0.5, 0.6) is 5.75 Å². The van der Waals surface area contributed by atoms with Crippen molar-refractivity contribution < 1.29 is 4.74 Å². The largest absolute Gasteiger partial charge is 0.489 e. The van der Waals surface area contributed by atoms with Crippen LogP contribution in [-0.2, 0) is 6.61 Å². The molecule has 0 fully saturated rings. The Kier molecular flexibility index (Phi) is 4.07. The van der Waals surface area contributed by atoms with Crippen molar-refractivity contribution in [2.45, 2.75) is 6.61 Å². The van der Waals surface area contributed by atoms with E-state index in [1.165, 1.54) is 3.57 Å². The molecule has 0 heterocycles. The smallest absolute Gasteiger partial charge is 0.119 e. The number of rotatable bonds is 3. The van der Waals surface area contributed by atoms with Gasteiger partial charge in [-0.1, -0.05) is 23.7 Å². The third kappa shape index (κ3) is 3.39. The topological polar surface area (TPSA) is 9.23 Å². The maximum absolute atomic E-state index is 5.89. The van der Waals surface area contributed by atoms with Crippen molar-refractivity contribution in [3.63, 3.8) is 0 Å². The third-order valence-electron chi connectivity index (χ3n) is 2.11. The maximum atomic E-state index is 5.89. The zero-order valence-corrected chi connectivity index (χ0v) is 11.4. The number of hydrogen-bond donors (Lipinski definition) is 0. The molecule has 2 aromatic carbocycles. The first-order valence-electron chi connectivity index (χ1n) is 4.87. The number of hydrogen-bond acceptors (Lipinski definition) is 1. The fourth-order valence-electron chi connectivity index (χ4n) is 1.32. The van der Waals surface area contributed by atoms with Crippen molar-refractivity contribution in [3.05, 3.63) is 62.7 Å². The Bertz CT molecular complexity index is 468. The number of benzene rings is 2. The highest BCUT2D eigenvalue weighted by Gasteiger charge is 1.96. The Hall–Kier alpha value is -0.740. The van der Waals surface area contributed by atoms with Gasteiger partial charge in [-0.15, -0.1) is 0 Å². The summed E-state index contributed by atoms with van der Waals surface area (Å²) in [5.41, 5.74) is 1.08. The van der Waals surface area contributed by atoms with E-state index in [4.69, 9.17) is 16.3 Å². The monoisotopic (exact) mass is 344 g/mol. The van der Waals surface area contributed by atoms with Gasteiger partial charge in [0, 0.05) is 8.59 Å². The average Bonchev–Trinajstić information content (AvgIpc) is 2.28. The zero-order valence-electron chi connectivity index (χ0n) is 8.49. The molecular weight excluding hydrogens is 334 g/mol. The van der Waals surface area contributed by atoms with Crippen molar-refractivity contribution in [1.82, 2.24) is 0 Å². The summed E-state index contributed by atoms with van der Waals surface area (Å²) in [5, 5.41) is 0.740. The minimum Gasteiger partial charge on any atom is -0.489 e. The summed E-state index contributed by atoms with van der Waals surface area (Å²) in [7, 11) is 0. The summed E-state index contributed by atoms with van der Waals surface area (Å²) >= 11 is 8.16. The van der Waals surface area contributed by atoms with Crippen molar-refractivity contribution >= 4 is 34.2 Å². The lowest BCUT2D eigenvalue weighted by Crippen LogP contribution is -1.94. The van der Waals surface area contributed by atoms with Crippen LogP contribution in [0.2, 0.25) is 5.02 Å². The summed E-state index contributed by atoms with van der Waals surface area (Å²) in [6, 6.07) is 15.7. The van der Waals surface area contributed by atoms with E-state index in [1.807, 2.05) is 48.5 Å². The standard InChI is InChI=1S/C13H10ClIO/c14-11-3-1-2-10(8-11)9-16-13-6-4-12(15)5-7-13/h1-8H,9H2. The molecule has 0 atom stereocenters. The first kappa shape index (κ1) is 11.7. The van der Waals surface area contributed by atoms with Crippen molar-refractivity contribution in [1.29, 1.82) is 0 Å². The number of ether oxygens (including phenoxy) is 1.